The van der Waals surface area contributed by atoms with Gasteiger partial charge < -0.3 is 0 Å². The number of hydrogen-bond donors (Lipinski definition) is 0. The van der Waals surface area contributed by atoms with Gasteiger partial charge in [0, 0.05) is 11.1 Å². The van der Waals surface area contributed by atoms with Gasteiger partial charge in [0.1, 0.15) is 0 Å². The van der Waals surface area contributed by atoms with Crippen molar-refractivity contribution >= 4 is 27.2 Å². The van der Waals surface area contributed by atoms with Crippen molar-refractivity contribution in [1.29, 1.82) is 0 Å². The van der Waals surface area contributed by atoms with E-state index in [1.807, 2.05) is 31.2 Å². The lowest BCUT2D eigenvalue weighted by molar-refractivity contribution is 0.0987. The van der Waals surface area contributed by atoms with E-state index < -0.39 is 0 Å². The highest BCUT2D eigenvalue weighted by Gasteiger charge is 2.09. The van der Waals surface area contributed by atoms with Crippen LogP contribution in [0.25, 0.3) is 10.1 Å². The Morgan fingerprint density at radius 2 is 2.06 bits per heavy atom. The number of carbonyl (C=O) groups excluding carboxylic acids is 1. The molecule has 1 nitrogen and oxygen atoms in total. The normalized spacial score (nSPS) is 10.6. The molecule has 2 aromatic rings. The molecule has 0 N–H and O–H groups in total. The summed E-state index contributed by atoms with van der Waals surface area (Å²) in [6.07, 6.45) is 1.36. The number of thiophene rings is 1. The second-order valence-corrected chi connectivity index (χ2v) is 5.11. The molecule has 0 unspecified atom stereocenters. The largest absolute Gasteiger partial charge is 0.293 e. The predicted octanol–water partition coefficient (Wildman–Crippen LogP) is 4.44. The van der Waals surface area contributed by atoms with Gasteiger partial charge in [-0.05, 0) is 30.9 Å². The summed E-state index contributed by atoms with van der Waals surface area (Å²) in [4.78, 5) is 12.8. The molecule has 0 saturated heterocycles. The van der Waals surface area contributed by atoms with E-state index in [2.05, 4.69) is 12.6 Å². The van der Waals surface area contributed by atoms with Gasteiger partial charge in [-0.1, -0.05) is 23.8 Å². The van der Waals surface area contributed by atoms with Gasteiger partial charge in [-0.25, -0.2) is 0 Å². The standard InChI is InChI=1S/C14H14OS/c1-10(2)7-8-12(15)14-9-11-5-3-4-6-13(11)16-14/h3-6,9H,1,7-8H2,2H3. The van der Waals surface area contributed by atoms with Gasteiger partial charge in [0.2, 0.25) is 0 Å². The van der Waals surface area contributed by atoms with Gasteiger partial charge in [0.15, 0.2) is 5.78 Å². The number of rotatable bonds is 4. The number of benzene rings is 1. The minimum atomic E-state index is 0.226. The van der Waals surface area contributed by atoms with Crippen LogP contribution in [0.3, 0.4) is 0 Å². The SMILES string of the molecule is C=C(C)CCC(=O)c1cc2ccccc2s1. The molecular formula is C14H14OS. The molecule has 0 aliphatic carbocycles. The van der Waals surface area contributed by atoms with Crippen LogP contribution < -0.4 is 0 Å². The van der Waals surface area contributed by atoms with E-state index in [9.17, 15) is 4.79 Å². The Bertz CT molecular complexity index is 503. The number of hydrogen-bond acceptors (Lipinski definition) is 2. The first-order valence-corrected chi connectivity index (χ1v) is 6.14. The minimum Gasteiger partial charge on any atom is -0.293 e. The van der Waals surface area contributed by atoms with E-state index in [1.165, 1.54) is 4.70 Å². The molecule has 2 rings (SSSR count). The highest BCUT2D eigenvalue weighted by molar-refractivity contribution is 7.20. The van der Waals surface area contributed by atoms with Crippen LogP contribution in [-0.2, 0) is 0 Å². The number of ketones is 1. The Labute approximate surface area is 99.4 Å². The quantitative estimate of drug-likeness (QED) is 0.560. The van der Waals surface area contributed by atoms with E-state index in [0.29, 0.717) is 6.42 Å². The van der Waals surface area contributed by atoms with E-state index in [1.54, 1.807) is 11.3 Å². The molecule has 1 aromatic carbocycles. The summed E-state index contributed by atoms with van der Waals surface area (Å²) in [5.41, 5.74) is 1.06. The van der Waals surface area contributed by atoms with Gasteiger partial charge in [-0.2, -0.15) is 0 Å². The maximum atomic E-state index is 11.9. The van der Waals surface area contributed by atoms with Crippen molar-refractivity contribution in [3.8, 4) is 0 Å². The van der Waals surface area contributed by atoms with Crippen molar-refractivity contribution in [2.75, 3.05) is 0 Å². The maximum Gasteiger partial charge on any atom is 0.173 e. The smallest absolute Gasteiger partial charge is 0.173 e. The molecule has 0 saturated carbocycles. The molecule has 2 heteroatoms. The lowest BCUT2D eigenvalue weighted by atomic mass is 10.1. The third kappa shape index (κ3) is 2.39. The van der Waals surface area contributed by atoms with Gasteiger partial charge in [-0.15, -0.1) is 17.9 Å². The van der Waals surface area contributed by atoms with Crippen LogP contribution in [0.1, 0.15) is 29.4 Å². The second kappa shape index (κ2) is 4.62. The van der Waals surface area contributed by atoms with E-state index in [4.69, 9.17) is 0 Å². The summed E-state index contributed by atoms with van der Waals surface area (Å²) in [6, 6.07) is 10.1. The Morgan fingerprint density at radius 1 is 1.31 bits per heavy atom. The highest BCUT2D eigenvalue weighted by atomic mass is 32.1. The zero-order valence-corrected chi connectivity index (χ0v) is 10.1. The molecule has 0 bridgehead atoms. The molecule has 1 heterocycles. The van der Waals surface area contributed by atoms with Crippen molar-refractivity contribution in [2.45, 2.75) is 19.8 Å². The van der Waals surface area contributed by atoms with Gasteiger partial charge >= 0.3 is 0 Å². The first kappa shape index (κ1) is 11.1. The van der Waals surface area contributed by atoms with Gasteiger partial charge in [0.05, 0.1) is 4.88 Å². The first-order chi connectivity index (χ1) is 7.66. The molecular weight excluding hydrogens is 216 g/mol. The summed E-state index contributed by atoms with van der Waals surface area (Å²) < 4.78 is 1.18. The molecule has 0 aliphatic heterocycles. The molecule has 1 aromatic heterocycles. The number of Topliss-reactive ketones (excluding diaryl/α,β-unsaturated/α-hetero) is 1. The van der Waals surface area contributed by atoms with Crippen LogP contribution >= 0.6 is 11.3 Å². The molecule has 0 aliphatic rings. The van der Waals surface area contributed by atoms with Gasteiger partial charge in [0.25, 0.3) is 0 Å². The number of carbonyl (C=O) groups is 1. The summed E-state index contributed by atoms with van der Waals surface area (Å²) in [5, 5.41) is 1.16. The molecule has 0 fully saturated rings. The second-order valence-electron chi connectivity index (χ2n) is 4.03. The van der Waals surface area contributed by atoms with E-state index >= 15 is 0 Å². The zero-order chi connectivity index (χ0) is 11.5. The summed E-state index contributed by atoms with van der Waals surface area (Å²) in [7, 11) is 0. The van der Waals surface area contributed by atoms with Gasteiger partial charge in [-0.3, -0.25) is 4.79 Å². The fourth-order valence-electron chi connectivity index (χ4n) is 1.57. The molecule has 0 atom stereocenters. The lowest BCUT2D eigenvalue weighted by Crippen LogP contribution is -1.95. The van der Waals surface area contributed by atoms with Crippen LogP contribution in [0, 0.1) is 0 Å². The molecule has 0 radical (unpaired) electrons. The Hall–Kier alpha value is -1.41. The van der Waals surface area contributed by atoms with E-state index in [-0.39, 0.29) is 5.78 Å². The Kier molecular flexibility index (Phi) is 3.20. The average molecular weight is 230 g/mol. The molecule has 0 amide bonds. The van der Waals surface area contributed by atoms with Crippen LogP contribution in [0.5, 0.6) is 0 Å². The van der Waals surface area contributed by atoms with Crippen LogP contribution in [-0.4, -0.2) is 5.78 Å². The zero-order valence-electron chi connectivity index (χ0n) is 9.32. The van der Waals surface area contributed by atoms with E-state index in [0.717, 1.165) is 22.3 Å². The summed E-state index contributed by atoms with van der Waals surface area (Å²) in [5.74, 6) is 0.226. The lowest BCUT2D eigenvalue weighted by Gasteiger charge is -1.96. The Morgan fingerprint density at radius 3 is 2.75 bits per heavy atom. The summed E-state index contributed by atoms with van der Waals surface area (Å²) in [6.45, 7) is 5.77. The van der Waals surface area contributed by atoms with Crippen LogP contribution in [0.15, 0.2) is 42.5 Å². The monoisotopic (exact) mass is 230 g/mol. The van der Waals surface area contributed by atoms with Crippen molar-refractivity contribution in [1.82, 2.24) is 0 Å². The van der Waals surface area contributed by atoms with Crippen molar-refractivity contribution in [2.24, 2.45) is 0 Å². The minimum absolute atomic E-state index is 0.226. The average Bonchev–Trinajstić information content (AvgIpc) is 2.69. The number of allylic oxidation sites excluding steroid dienone is 1. The van der Waals surface area contributed by atoms with Crippen molar-refractivity contribution in [3.63, 3.8) is 0 Å². The maximum absolute atomic E-state index is 11.9. The fourth-order valence-corrected chi connectivity index (χ4v) is 2.60. The Balaban J connectivity index is 2.20. The van der Waals surface area contributed by atoms with Crippen molar-refractivity contribution < 1.29 is 4.79 Å². The highest BCUT2D eigenvalue weighted by Crippen LogP contribution is 2.26. The number of fused-ring (bicyclic) bond motifs is 1. The van der Waals surface area contributed by atoms with Crippen molar-refractivity contribution in [3.05, 3.63) is 47.4 Å². The van der Waals surface area contributed by atoms with Crippen LogP contribution in [0.2, 0.25) is 0 Å². The molecule has 0 spiro atoms. The fraction of sp³-hybridized carbons (Fsp3) is 0.214. The predicted molar refractivity (Wildman–Crippen MR) is 70.2 cm³/mol. The summed E-state index contributed by atoms with van der Waals surface area (Å²) >= 11 is 1.58. The third-order valence-corrected chi connectivity index (χ3v) is 3.64. The first-order valence-electron chi connectivity index (χ1n) is 5.33. The topological polar surface area (TPSA) is 17.1 Å². The molecule has 82 valence electrons. The third-order valence-electron chi connectivity index (χ3n) is 2.48. The van der Waals surface area contributed by atoms with Crippen LogP contribution in [0.4, 0.5) is 0 Å². The molecule has 16 heavy (non-hydrogen) atoms.